The number of nitrogens with one attached hydrogen (secondary N) is 1. The molecule has 2 aliphatic heterocycles. The fraction of sp³-hybridized carbons (Fsp3) is 0.455. The first-order chi connectivity index (χ1) is 21.5. The van der Waals surface area contributed by atoms with E-state index in [0.717, 1.165) is 18.4 Å². The van der Waals surface area contributed by atoms with Gasteiger partial charge in [0.05, 0.1) is 25.3 Å². The van der Waals surface area contributed by atoms with Crippen molar-refractivity contribution in [3.63, 3.8) is 0 Å². The fourth-order valence-corrected chi connectivity index (χ4v) is 6.35. The van der Waals surface area contributed by atoms with Gasteiger partial charge in [-0.15, -0.1) is 0 Å². The number of carbonyl (C=O) groups excluding carboxylic acids is 2. The molecule has 11 nitrogen and oxygen atoms in total. The van der Waals surface area contributed by atoms with E-state index in [4.69, 9.17) is 26.1 Å². The molecule has 45 heavy (non-hydrogen) atoms. The molecule has 2 aromatic heterocycles. The number of imidazole rings is 1. The number of amides is 2. The van der Waals surface area contributed by atoms with Crippen molar-refractivity contribution in [2.75, 3.05) is 44.3 Å². The Bertz CT molecular complexity index is 1820. The Hall–Kier alpha value is -4.09. The number of nitrogens with zero attached hydrogens (tertiary/aromatic N) is 5. The number of piperidine rings is 1. The van der Waals surface area contributed by atoms with Crippen molar-refractivity contribution in [3.05, 3.63) is 69.0 Å². The molecule has 238 valence electrons. The van der Waals surface area contributed by atoms with Crippen molar-refractivity contribution < 1.29 is 19.1 Å². The Balaban J connectivity index is 1.47. The maximum Gasteiger partial charge on any atom is 0.407 e. The molecule has 0 spiro atoms. The molecule has 4 heterocycles. The van der Waals surface area contributed by atoms with Crippen molar-refractivity contribution in [1.29, 1.82) is 0 Å². The molecule has 4 aromatic rings. The number of anilines is 1. The summed E-state index contributed by atoms with van der Waals surface area (Å²) in [6.45, 7) is 9.08. The number of hydrogen-bond donors (Lipinski definition) is 1. The van der Waals surface area contributed by atoms with Gasteiger partial charge in [0.2, 0.25) is 5.95 Å². The SMILES string of the molecule is Cn1c(=O)c2c(nc(N3CCC[C@@H](NC(=O)OC(C)(C)C)C3)n2Cc2ccccc2Cl)c2cc(C(=O)N3CCOCC3)ccc21. The van der Waals surface area contributed by atoms with Crippen molar-refractivity contribution in [3.8, 4) is 0 Å². The van der Waals surface area contributed by atoms with Crippen LogP contribution in [0.15, 0.2) is 47.3 Å². The summed E-state index contributed by atoms with van der Waals surface area (Å²) in [5.41, 5.74) is 2.21. The molecular formula is C33H39ClN6O5. The molecule has 1 N–H and O–H groups in total. The van der Waals surface area contributed by atoms with Crippen LogP contribution in [0.1, 0.15) is 49.5 Å². The molecule has 2 fully saturated rings. The number of benzene rings is 2. The van der Waals surface area contributed by atoms with Gasteiger partial charge in [-0.3, -0.25) is 9.59 Å². The number of pyridine rings is 1. The Morgan fingerprint density at radius 1 is 1.11 bits per heavy atom. The largest absolute Gasteiger partial charge is 0.444 e. The Kier molecular flexibility index (Phi) is 8.49. The predicted molar refractivity (Wildman–Crippen MR) is 174 cm³/mol. The summed E-state index contributed by atoms with van der Waals surface area (Å²) in [5.74, 6) is 0.528. The fourth-order valence-electron chi connectivity index (χ4n) is 6.15. The summed E-state index contributed by atoms with van der Waals surface area (Å²) < 4.78 is 14.5. The van der Waals surface area contributed by atoms with Crippen LogP contribution < -0.4 is 15.8 Å². The molecule has 2 amide bonds. The number of carbonyl (C=O) groups is 2. The van der Waals surface area contributed by atoms with E-state index >= 15 is 0 Å². The molecule has 2 aromatic carbocycles. The number of aromatic nitrogens is 3. The van der Waals surface area contributed by atoms with Gasteiger partial charge in [-0.25, -0.2) is 9.78 Å². The number of aryl methyl sites for hydroxylation is 1. The molecule has 0 saturated carbocycles. The lowest BCUT2D eigenvalue weighted by molar-refractivity contribution is 0.0303. The van der Waals surface area contributed by atoms with Crippen LogP contribution in [0, 0.1) is 0 Å². The lowest BCUT2D eigenvalue weighted by Gasteiger charge is -2.34. The number of alkyl carbamates (subject to hydrolysis) is 1. The minimum Gasteiger partial charge on any atom is -0.444 e. The standard InChI is InChI=1S/C33H39ClN6O5/c1-33(2,3)45-32(43)35-23-9-7-13-39(20-23)31-36-27-24-18-21(29(41)38-14-16-44-17-15-38)11-12-26(24)37(4)30(42)28(27)40(31)19-22-8-5-6-10-25(22)34/h5-6,8,10-12,18,23H,7,9,13-17,19-20H2,1-4H3,(H,35,43)/t23-/m1/s1. The lowest BCUT2D eigenvalue weighted by Crippen LogP contribution is -2.49. The number of hydrogen-bond acceptors (Lipinski definition) is 7. The van der Waals surface area contributed by atoms with Gasteiger partial charge in [-0.2, -0.15) is 0 Å². The van der Waals surface area contributed by atoms with E-state index in [2.05, 4.69) is 10.2 Å². The third kappa shape index (κ3) is 6.37. The minimum absolute atomic E-state index is 0.0787. The molecule has 2 aliphatic rings. The second-order valence-electron chi connectivity index (χ2n) is 12.7. The third-order valence-corrected chi connectivity index (χ3v) is 8.69. The second kappa shape index (κ2) is 12.4. The van der Waals surface area contributed by atoms with Gasteiger partial charge >= 0.3 is 6.09 Å². The van der Waals surface area contributed by atoms with Crippen LogP contribution in [0.25, 0.3) is 21.9 Å². The maximum atomic E-state index is 14.0. The Labute approximate surface area is 266 Å². The van der Waals surface area contributed by atoms with Crippen molar-refractivity contribution >= 4 is 51.5 Å². The summed E-state index contributed by atoms with van der Waals surface area (Å²) in [4.78, 5) is 49.1. The van der Waals surface area contributed by atoms with Crippen molar-refractivity contribution in [2.24, 2.45) is 7.05 Å². The first kappa shape index (κ1) is 30.9. The van der Waals surface area contributed by atoms with E-state index < -0.39 is 11.7 Å². The predicted octanol–water partition coefficient (Wildman–Crippen LogP) is 4.56. The summed E-state index contributed by atoms with van der Waals surface area (Å²) in [6.07, 6.45) is 1.14. The van der Waals surface area contributed by atoms with Gasteiger partial charge in [0, 0.05) is 55.2 Å². The van der Waals surface area contributed by atoms with Crippen molar-refractivity contribution in [2.45, 2.75) is 51.8 Å². The molecular weight excluding hydrogens is 596 g/mol. The number of ether oxygens (including phenoxy) is 2. The van der Waals surface area contributed by atoms with Gasteiger partial charge in [-0.1, -0.05) is 29.8 Å². The molecule has 6 rings (SSSR count). The van der Waals surface area contributed by atoms with E-state index in [-0.39, 0.29) is 17.5 Å². The quantitative estimate of drug-likeness (QED) is 0.343. The van der Waals surface area contributed by atoms with Crippen LogP contribution in [0.2, 0.25) is 5.02 Å². The van der Waals surface area contributed by atoms with Gasteiger partial charge in [0.15, 0.2) is 0 Å². The average molecular weight is 635 g/mol. The minimum atomic E-state index is -0.607. The highest BCUT2D eigenvalue weighted by Gasteiger charge is 2.29. The zero-order chi connectivity index (χ0) is 31.9. The number of fused-ring (bicyclic) bond motifs is 3. The highest BCUT2D eigenvalue weighted by molar-refractivity contribution is 6.31. The number of morpholine rings is 1. The summed E-state index contributed by atoms with van der Waals surface area (Å²) in [6, 6.07) is 12.8. The smallest absolute Gasteiger partial charge is 0.407 e. The summed E-state index contributed by atoms with van der Waals surface area (Å²) in [5, 5.41) is 4.31. The first-order valence-electron chi connectivity index (χ1n) is 15.4. The number of halogens is 1. The summed E-state index contributed by atoms with van der Waals surface area (Å²) >= 11 is 6.62. The van der Waals surface area contributed by atoms with Crippen LogP contribution in [-0.2, 0) is 23.1 Å². The Morgan fingerprint density at radius 2 is 1.87 bits per heavy atom. The molecule has 0 bridgehead atoms. The third-order valence-electron chi connectivity index (χ3n) is 8.32. The zero-order valence-electron chi connectivity index (χ0n) is 26.1. The van der Waals surface area contributed by atoms with Gasteiger partial charge in [0.25, 0.3) is 11.5 Å². The normalized spacial score (nSPS) is 17.6. The van der Waals surface area contributed by atoms with E-state index in [0.29, 0.717) is 84.4 Å². The van der Waals surface area contributed by atoms with Gasteiger partial charge < -0.3 is 33.7 Å². The van der Waals surface area contributed by atoms with Gasteiger partial charge in [0.1, 0.15) is 16.6 Å². The average Bonchev–Trinajstić information content (AvgIpc) is 3.39. The van der Waals surface area contributed by atoms with Crippen LogP contribution in [-0.4, -0.2) is 82.1 Å². The highest BCUT2D eigenvalue weighted by Crippen LogP contribution is 2.31. The first-order valence-corrected chi connectivity index (χ1v) is 15.8. The molecule has 0 radical (unpaired) electrons. The van der Waals surface area contributed by atoms with Crippen LogP contribution in [0.5, 0.6) is 0 Å². The van der Waals surface area contributed by atoms with Gasteiger partial charge in [-0.05, 0) is 63.4 Å². The van der Waals surface area contributed by atoms with Crippen LogP contribution >= 0.6 is 11.6 Å². The van der Waals surface area contributed by atoms with Crippen molar-refractivity contribution in [1.82, 2.24) is 24.3 Å². The highest BCUT2D eigenvalue weighted by atomic mass is 35.5. The van der Waals surface area contributed by atoms with E-state index in [9.17, 15) is 14.4 Å². The van der Waals surface area contributed by atoms with E-state index in [1.165, 1.54) is 0 Å². The van der Waals surface area contributed by atoms with E-state index in [1.54, 1.807) is 22.6 Å². The second-order valence-corrected chi connectivity index (χ2v) is 13.1. The zero-order valence-corrected chi connectivity index (χ0v) is 26.9. The monoisotopic (exact) mass is 634 g/mol. The van der Waals surface area contributed by atoms with E-state index in [1.807, 2.05) is 61.7 Å². The topological polar surface area (TPSA) is 111 Å². The lowest BCUT2D eigenvalue weighted by atomic mass is 10.1. The van der Waals surface area contributed by atoms with Crippen LogP contribution in [0.3, 0.4) is 0 Å². The number of rotatable bonds is 5. The Morgan fingerprint density at radius 3 is 2.60 bits per heavy atom. The molecule has 1 atom stereocenters. The maximum absolute atomic E-state index is 14.0. The molecule has 0 aliphatic carbocycles. The summed E-state index contributed by atoms with van der Waals surface area (Å²) in [7, 11) is 1.74. The van der Waals surface area contributed by atoms with Crippen LogP contribution in [0.4, 0.5) is 10.7 Å². The molecule has 12 heteroatoms. The molecule has 0 unspecified atom stereocenters. The molecule has 2 saturated heterocycles.